The van der Waals surface area contributed by atoms with Gasteiger partial charge in [0.25, 0.3) is 0 Å². The highest BCUT2D eigenvalue weighted by Crippen LogP contribution is 2.22. The van der Waals surface area contributed by atoms with Crippen LogP contribution in [0.1, 0.15) is 0 Å². The lowest BCUT2D eigenvalue weighted by atomic mass is 10.1. The van der Waals surface area contributed by atoms with Crippen LogP contribution >= 0.6 is 0 Å². The Morgan fingerprint density at radius 3 is 2.42 bits per heavy atom. The van der Waals surface area contributed by atoms with Gasteiger partial charge < -0.3 is 5.32 Å². The first-order valence-electron chi connectivity index (χ1n) is 8.23. The van der Waals surface area contributed by atoms with Crippen LogP contribution in [-0.2, 0) is 10.0 Å². The van der Waals surface area contributed by atoms with Crippen LogP contribution in [0.5, 0.6) is 0 Å². The van der Waals surface area contributed by atoms with Crippen molar-refractivity contribution in [2.75, 3.05) is 39.3 Å². The number of rotatable bonds is 6. The minimum absolute atomic E-state index is 0.309. The van der Waals surface area contributed by atoms with Gasteiger partial charge >= 0.3 is 0 Å². The van der Waals surface area contributed by atoms with Crippen LogP contribution in [0.15, 0.2) is 59.5 Å². The average molecular weight is 345 g/mol. The van der Waals surface area contributed by atoms with E-state index in [4.69, 9.17) is 0 Å². The number of piperazine rings is 1. The van der Waals surface area contributed by atoms with Crippen LogP contribution in [0.4, 0.5) is 0 Å². The fourth-order valence-corrected chi connectivity index (χ4v) is 3.90. The molecule has 6 heteroatoms. The van der Waals surface area contributed by atoms with E-state index in [1.165, 1.54) is 0 Å². The summed E-state index contributed by atoms with van der Waals surface area (Å²) in [7, 11) is -3.48. The van der Waals surface area contributed by atoms with Crippen molar-refractivity contribution in [2.24, 2.45) is 0 Å². The van der Waals surface area contributed by atoms with Crippen molar-refractivity contribution in [1.82, 2.24) is 14.9 Å². The molecule has 1 fully saturated rings. The molecule has 0 atom stereocenters. The fourth-order valence-electron chi connectivity index (χ4n) is 2.83. The van der Waals surface area contributed by atoms with E-state index in [9.17, 15) is 8.42 Å². The third-order valence-electron chi connectivity index (χ3n) is 4.18. The molecule has 0 saturated carbocycles. The summed E-state index contributed by atoms with van der Waals surface area (Å²) in [6.07, 6.45) is 0. The minimum atomic E-state index is -3.48. The molecule has 2 aromatic carbocycles. The van der Waals surface area contributed by atoms with Crippen molar-refractivity contribution >= 4 is 10.0 Å². The molecule has 24 heavy (non-hydrogen) atoms. The van der Waals surface area contributed by atoms with Gasteiger partial charge in [0.05, 0.1) is 4.90 Å². The van der Waals surface area contributed by atoms with E-state index < -0.39 is 10.0 Å². The Balaban J connectivity index is 1.66. The van der Waals surface area contributed by atoms with E-state index in [1.54, 1.807) is 18.2 Å². The summed E-state index contributed by atoms with van der Waals surface area (Å²) in [5, 5.41) is 3.29. The van der Waals surface area contributed by atoms with Gasteiger partial charge in [-0.25, -0.2) is 13.1 Å². The van der Waals surface area contributed by atoms with Gasteiger partial charge in [-0.05, 0) is 23.3 Å². The summed E-state index contributed by atoms with van der Waals surface area (Å²) in [4.78, 5) is 2.57. The van der Waals surface area contributed by atoms with Gasteiger partial charge in [0.2, 0.25) is 10.0 Å². The molecule has 0 aromatic heterocycles. The van der Waals surface area contributed by atoms with Crippen molar-refractivity contribution in [3.8, 4) is 11.1 Å². The first-order chi connectivity index (χ1) is 11.6. The molecule has 1 aliphatic rings. The van der Waals surface area contributed by atoms with Crippen LogP contribution in [0.3, 0.4) is 0 Å². The Hall–Kier alpha value is -1.73. The summed E-state index contributed by atoms with van der Waals surface area (Å²) >= 11 is 0. The molecule has 5 nitrogen and oxygen atoms in total. The molecular formula is C18H23N3O2S. The van der Waals surface area contributed by atoms with E-state index >= 15 is 0 Å². The van der Waals surface area contributed by atoms with Crippen LogP contribution in [0, 0.1) is 0 Å². The highest BCUT2D eigenvalue weighted by Gasteiger charge is 2.15. The molecule has 0 amide bonds. The van der Waals surface area contributed by atoms with Crippen LogP contribution in [-0.4, -0.2) is 52.6 Å². The topological polar surface area (TPSA) is 61.4 Å². The molecule has 3 rings (SSSR count). The number of sulfonamides is 1. The van der Waals surface area contributed by atoms with E-state index in [1.807, 2.05) is 36.4 Å². The van der Waals surface area contributed by atoms with Gasteiger partial charge in [0, 0.05) is 39.3 Å². The maximum atomic E-state index is 12.5. The highest BCUT2D eigenvalue weighted by atomic mass is 32.2. The molecule has 0 unspecified atom stereocenters. The molecule has 0 spiro atoms. The normalized spacial score (nSPS) is 16.2. The second kappa shape index (κ2) is 7.90. The molecule has 2 N–H and O–H groups in total. The Morgan fingerprint density at radius 1 is 0.958 bits per heavy atom. The number of hydrogen-bond donors (Lipinski definition) is 2. The summed E-state index contributed by atoms with van der Waals surface area (Å²) < 4.78 is 27.7. The van der Waals surface area contributed by atoms with Gasteiger partial charge in [0.1, 0.15) is 0 Å². The zero-order chi connectivity index (χ0) is 16.8. The quantitative estimate of drug-likeness (QED) is 0.834. The minimum Gasteiger partial charge on any atom is -0.314 e. The van der Waals surface area contributed by atoms with Crippen LogP contribution in [0.2, 0.25) is 0 Å². The molecule has 2 aromatic rings. The van der Waals surface area contributed by atoms with Crippen molar-refractivity contribution in [3.63, 3.8) is 0 Å². The second-order valence-corrected chi connectivity index (χ2v) is 7.65. The molecule has 1 saturated heterocycles. The molecular weight excluding hydrogens is 322 g/mol. The largest absolute Gasteiger partial charge is 0.314 e. The Labute approximate surface area is 143 Å². The molecule has 128 valence electrons. The standard InChI is InChI=1S/C18H23N3O2S/c22-24(23,20-11-14-21-12-9-19-10-13-21)18-8-4-7-17(15-18)16-5-2-1-3-6-16/h1-8,15,19-20H,9-14H2. The zero-order valence-electron chi connectivity index (χ0n) is 13.6. The lowest BCUT2D eigenvalue weighted by Crippen LogP contribution is -2.46. The second-order valence-electron chi connectivity index (χ2n) is 5.88. The molecule has 1 heterocycles. The van der Waals surface area contributed by atoms with Gasteiger partial charge in [0.15, 0.2) is 0 Å². The SMILES string of the molecule is O=S(=O)(NCCN1CCNCC1)c1cccc(-c2ccccc2)c1. The lowest BCUT2D eigenvalue weighted by Gasteiger charge is -2.27. The average Bonchev–Trinajstić information content (AvgIpc) is 2.63. The van der Waals surface area contributed by atoms with E-state index in [-0.39, 0.29) is 0 Å². The number of hydrogen-bond acceptors (Lipinski definition) is 4. The smallest absolute Gasteiger partial charge is 0.240 e. The predicted octanol–water partition coefficient (Wildman–Crippen LogP) is 1.54. The third kappa shape index (κ3) is 4.42. The van der Waals surface area contributed by atoms with Crippen molar-refractivity contribution in [1.29, 1.82) is 0 Å². The predicted molar refractivity (Wildman–Crippen MR) is 96.4 cm³/mol. The van der Waals surface area contributed by atoms with Gasteiger partial charge in [-0.3, -0.25) is 4.90 Å². The highest BCUT2D eigenvalue weighted by molar-refractivity contribution is 7.89. The first kappa shape index (κ1) is 17.1. The van der Waals surface area contributed by atoms with Gasteiger partial charge in [-0.2, -0.15) is 0 Å². The summed E-state index contributed by atoms with van der Waals surface area (Å²) in [6, 6.07) is 16.9. The van der Waals surface area contributed by atoms with E-state index in [2.05, 4.69) is 14.9 Å². The first-order valence-corrected chi connectivity index (χ1v) is 9.72. The van der Waals surface area contributed by atoms with Gasteiger partial charge in [-0.1, -0.05) is 42.5 Å². The van der Waals surface area contributed by atoms with Crippen molar-refractivity contribution in [2.45, 2.75) is 4.90 Å². The summed E-state index contributed by atoms with van der Waals surface area (Å²) in [5.41, 5.74) is 1.91. The molecule has 0 bridgehead atoms. The summed E-state index contributed by atoms with van der Waals surface area (Å²) in [5.74, 6) is 0. The van der Waals surface area contributed by atoms with E-state index in [0.717, 1.165) is 43.9 Å². The number of nitrogens with zero attached hydrogens (tertiary/aromatic N) is 1. The van der Waals surface area contributed by atoms with Gasteiger partial charge in [-0.15, -0.1) is 0 Å². The summed E-state index contributed by atoms with van der Waals surface area (Å²) in [6.45, 7) is 5.02. The Kier molecular flexibility index (Phi) is 5.63. The van der Waals surface area contributed by atoms with Crippen molar-refractivity contribution in [3.05, 3.63) is 54.6 Å². The number of nitrogens with one attached hydrogen (secondary N) is 2. The Morgan fingerprint density at radius 2 is 1.67 bits per heavy atom. The fraction of sp³-hybridized carbons (Fsp3) is 0.333. The number of benzene rings is 2. The lowest BCUT2D eigenvalue weighted by molar-refractivity contribution is 0.245. The van der Waals surface area contributed by atoms with Crippen LogP contribution in [0.25, 0.3) is 11.1 Å². The maximum Gasteiger partial charge on any atom is 0.240 e. The van der Waals surface area contributed by atoms with E-state index in [0.29, 0.717) is 11.4 Å². The maximum absolute atomic E-state index is 12.5. The monoisotopic (exact) mass is 345 g/mol. The molecule has 0 radical (unpaired) electrons. The van der Waals surface area contributed by atoms with Crippen LogP contribution < -0.4 is 10.0 Å². The molecule has 0 aliphatic carbocycles. The van der Waals surface area contributed by atoms with Crippen molar-refractivity contribution < 1.29 is 8.42 Å². The zero-order valence-corrected chi connectivity index (χ0v) is 14.4. The third-order valence-corrected chi connectivity index (χ3v) is 5.64. The Bertz CT molecular complexity index is 757. The molecule has 1 aliphatic heterocycles.